The Morgan fingerprint density at radius 1 is 1.16 bits per heavy atom. The van der Waals surface area contributed by atoms with E-state index in [0.717, 1.165) is 16.8 Å². The van der Waals surface area contributed by atoms with Crippen LogP contribution in [0.2, 0.25) is 0 Å². The number of aromatic nitrogens is 1. The monoisotopic (exact) mass is 255 g/mol. The number of hydrogen-bond acceptors (Lipinski definition) is 3. The van der Waals surface area contributed by atoms with Gasteiger partial charge in [0.25, 0.3) is 5.91 Å². The first kappa shape index (κ1) is 13.1. The van der Waals surface area contributed by atoms with Crippen LogP contribution in [0.5, 0.6) is 0 Å². The number of carbonyl (C=O) groups excluding carboxylic acids is 1. The van der Waals surface area contributed by atoms with E-state index in [-0.39, 0.29) is 5.91 Å². The van der Waals surface area contributed by atoms with E-state index in [1.54, 1.807) is 12.3 Å². The Bertz CT molecular complexity index is 608. The minimum Gasteiger partial charge on any atom is -0.388 e. The van der Waals surface area contributed by atoms with Gasteiger partial charge in [-0.3, -0.25) is 4.79 Å². The Hall–Kier alpha value is -2.36. The van der Waals surface area contributed by atoms with Gasteiger partial charge in [-0.25, -0.2) is 4.98 Å². The van der Waals surface area contributed by atoms with Gasteiger partial charge in [0.1, 0.15) is 5.82 Å². The standard InChI is InChI=1S/C15H17N3O/c1-10-5-4-8-17-14(10)18-15(19)12-6-7-13(16-3)11(2)9-12/h4-9,16H,1-3H3,(H,17,18,19). The second kappa shape index (κ2) is 5.52. The summed E-state index contributed by atoms with van der Waals surface area (Å²) in [6.45, 7) is 3.88. The molecule has 19 heavy (non-hydrogen) atoms. The van der Waals surface area contributed by atoms with Gasteiger partial charge >= 0.3 is 0 Å². The minimum atomic E-state index is -0.146. The van der Waals surface area contributed by atoms with Crippen molar-refractivity contribution in [3.05, 3.63) is 53.2 Å². The van der Waals surface area contributed by atoms with Crippen LogP contribution in [0.1, 0.15) is 21.5 Å². The van der Waals surface area contributed by atoms with Crippen molar-refractivity contribution in [1.29, 1.82) is 0 Å². The van der Waals surface area contributed by atoms with E-state index in [2.05, 4.69) is 15.6 Å². The predicted molar refractivity (Wildman–Crippen MR) is 77.7 cm³/mol. The smallest absolute Gasteiger partial charge is 0.256 e. The zero-order valence-electron chi connectivity index (χ0n) is 11.3. The van der Waals surface area contributed by atoms with E-state index in [9.17, 15) is 4.79 Å². The van der Waals surface area contributed by atoms with Crippen molar-refractivity contribution in [2.75, 3.05) is 17.7 Å². The molecule has 0 aliphatic rings. The van der Waals surface area contributed by atoms with Crippen molar-refractivity contribution in [3.63, 3.8) is 0 Å². The van der Waals surface area contributed by atoms with Crippen LogP contribution in [-0.2, 0) is 0 Å². The number of nitrogens with one attached hydrogen (secondary N) is 2. The van der Waals surface area contributed by atoms with Crippen molar-refractivity contribution in [1.82, 2.24) is 4.98 Å². The van der Waals surface area contributed by atoms with Crippen LogP contribution in [-0.4, -0.2) is 17.9 Å². The first-order valence-electron chi connectivity index (χ1n) is 6.13. The zero-order chi connectivity index (χ0) is 13.8. The largest absolute Gasteiger partial charge is 0.388 e. The maximum atomic E-state index is 12.1. The second-order valence-electron chi connectivity index (χ2n) is 4.40. The molecule has 0 radical (unpaired) electrons. The summed E-state index contributed by atoms with van der Waals surface area (Å²) >= 11 is 0. The molecule has 4 nitrogen and oxygen atoms in total. The maximum absolute atomic E-state index is 12.1. The number of amides is 1. The molecule has 4 heteroatoms. The predicted octanol–water partition coefficient (Wildman–Crippen LogP) is 2.99. The average molecular weight is 255 g/mol. The summed E-state index contributed by atoms with van der Waals surface area (Å²) in [6, 6.07) is 9.32. The highest BCUT2D eigenvalue weighted by Gasteiger charge is 2.09. The summed E-state index contributed by atoms with van der Waals surface area (Å²) in [7, 11) is 1.86. The molecule has 2 N–H and O–H groups in total. The van der Waals surface area contributed by atoms with Crippen molar-refractivity contribution < 1.29 is 4.79 Å². The summed E-state index contributed by atoms with van der Waals surface area (Å²) < 4.78 is 0. The molecule has 2 aromatic rings. The van der Waals surface area contributed by atoms with E-state index < -0.39 is 0 Å². The van der Waals surface area contributed by atoms with Crippen LogP contribution >= 0.6 is 0 Å². The summed E-state index contributed by atoms with van der Waals surface area (Å²) in [4.78, 5) is 16.3. The average Bonchev–Trinajstić information content (AvgIpc) is 2.41. The molecule has 1 heterocycles. The topological polar surface area (TPSA) is 54.0 Å². The number of hydrogen-bond donors (Lipinski definition) is 2. The molecule has 1 aromatic carbocycles. The third-order valence-electron chi connectivity index (χ3n) is 3.00. The molecule has 0 fully saturated rings. The van der Waals surface area contributed by atoms with Crippen LogP contribution in [0, 0.1) is 13.8 Å². The van der Waals surface area contributed by atoms with Gasteiger partial charge in [0.2, 0.25) is 0 Å². The Balaban J connectivity index is 2.21. The molecule has 1 amide bonds. The number of aryl methyl sites for hydroxylation is 2. The van der Waals surface area contributed by atoms with Crippen LogP contribution in [0.3, 0.4) is 0 Å². The molecule has 0 atom stereocenters. The first-order chi connectivity index (χ1) is 9.11. The van der Waals surface area contributed by atoms with E-state index in [4.69, 9.17) is 0 Å². The van der Waals surface area contributed by atoms with E-state index >= 15 is 0 Å². The summed E-state index contributed by atoms with van der Waals surface area (Å²) in [5, 5.41) is 5.90. The lowest BCUT2D eigenvalue weighted by atomic mass is 10.1. The van der Waals surface area contributed by atoms with Crippen molar-refractivity contribution in [3.8, 4) is 0 Å². The van der Waals surface area contributed by atoms with Gasteiger partial charge in [0, 0.05) is 24.5 Å². The molecule has 2 rings (SSSR count). The maximum Gasteiger partial charge on any atom is 0.256 e. The highest BCUT2D eigenvalue weighted by Crippen LogP contribution is 2.17. The van der Waals surface area contributed by atoms with Gasteiger partial charge in [0.15, 0.2) is 0 Å². The van der Waals surface area contributed by atoms with Crippen molar-refractivity contribution >= 4 is 17.4 Å². The molecule has 0 saturated carbocycles. The second-order valence-corrected chi connectivity index (χ2v) is 4.40. The fraction of sp³-hybridized carbons (Fsp3) is 0.200. The van der Waals surface area contributed by atoms with Crippen LogP contribution in [0.15, 0.2) is 36.5 Å². The number of nitrogens with zero attached hydrogens (tertiary/aromatic N) is 1. The molecule has 0 aliphatic heterocycles. The normalized spacial score (nSPS) is 10.1. The number of carbonyl (C=O) groups is 1. The first-order valence-corrected chi connectivity index (χ1v) is 6.13. The molecular formula is C15H17N3O. The van der Waals surface area contributed by atoms with Gasteiger partial charge < -0.3 is 10.6 Å². The van der Waals surface area contributed by atoms with E-state index in [0.29, 0.717) is 11.4 Å². The SMILES string of the molecule is CNc1ccc(C(=O)Nc2ncccc2C)cc1C. The quantitative estimate of drug-likeness (QED) is 0.886. The summed E-state index contributed by atoms with van der Waals surface area (Å²) in [6.07, 6.45) is 1.66. The lowest BCUT2D eigenvalue weighted by Gasteiger charge is -2.09. The lowest BCUT2D eigenvalue weighted by molar-refractivity contribution is 0.102. The number of anilines is 2. The molecule has 98 valence electrons. The van der Waals surface area contributed by atoms with Gasteiger partial charge in [-0.15, -0.1) is 0 Å². The van der Waals surface area contributed by atoms with E-state index in [1.165, 1.54) is 0 Å². The van der Waals surface area contributed by atoms with Gasteiger partial charge in [-0.05, 0) is 49.2 Å². The van der Waals surface area contributed by atoms with Crippen LogP contribution < -0.4 is 10.6 Å². The van der Waals surface area contributed by atoms with E-state index in [1.807, 2.05) is 45.2 Å². The summed E-state index contributed by atoms with van der Waals surface area (Å²) in [5.41, 5.74) is 3.62. The molecule has 0 spiro atoms. The Kier molecular flexibility index (Phi) is 3.80. The Labute approximate surface area is 112 Å². The number of benzene rings is 1. The molecule has 0 unspecified atom stereocenters. The van der Waals surface area contributed by atoms with Gasteiger partial charge in [0.05, 0.1) is 0 Å². The third-order valence-corrected chi connectivity index (χ3v) is 3.00. The highest BCUT2D eigenvalue weighted by molar-refractivity contribution is 6.04. The fourth-order valence-corrected chi connectivity index (χ4v) is 1.88. The van der Waals surface area contributed by atoms with Gasteiger partial charge in [-0.1, -0.05) is 6.07 Å². The molecule has 0 saturated heterocycles. The molecule has 0 bridgehead atoms. The highest BCUT2D eigenvalue weighted by atomic mass is 16.1. The fourth-order valence-electron chi connectivity index (χ4n) is 1.88. The zero-order valence-corrected chi connectivity index (χ0v) is 11.3. The molecule has 1 aromatic heterocycles. The summed E-state index contributed by atoms with van der Waals surface area (Å²) in [5.74, 6) is 0.454. The number of pyridine rings is 1. The number of rotatable bonds is 3. The third kappa shape index (κ3) is 2.91. The molecule has 0 aliphatic carbocycles. The Morgan fingerprint density at radius 2 is 1.95 bits per heavy atom. The van der Waals surface area contributed by atoms with Crippen molar-refractivity contribution in [2.45, 2.75) is 13.8 Å². The van der Waals surface area contributed by atoms with Crippen molar-refractivity contribution in [2.24, 2.45) is 0 Å². The lowest BCUT2D eigenvalue weighted by Crippen LogP contribution is -2.14. The molecular weight excluding hydrogens is 238 g/mol. The van der Waals surface area contributed by atoms with Crippen LogP contribution in [0.25, 0.3) is 0 Å². The van der Waals surface area contributed by atoms with Gasteiger partial charge in [-0.2, -0.15) is 0 Å². The Morgan fingerprint density at radius 3 is 2.58 bits per heavy atom. The van der Waals surface area contributed by atoms with Crippen LogP contribution in [0.4, 0.5) is 11.5 Å². The minimum absolute atomic E-state index is 0.146.